The van der Waals surface area contributed by atoms with Crippen molar-refractivity contribution in [1.29, 1.82) is 0 Å². The second-order valence-electron chi connectivity index (χ2n) is 4.80. The molecule has 0 spiro atoms. The van der Waals surface area contributed by atoms with E-state index in [1.54, 1.807) is 30.3 Å². The Morgan fingerprint density at radius 2 is 2.00 bits per heavy atom. The van der Waals surface area contributed by atoms with Gasteiger partial charge in [-0.2, -0.15) is 0 Å². The van der Waals surface area contributed by atoms with Crippen LogP contribution in [-0.4, -0.2) is 30.8 Å². The summed E-state index contributed by atoms with van der Waals surface area (Å²) in [6.07, 6.45) is 2.45. The molecule has 1 amide bonds. The lowest BCUT2D eigenvalue weighted by molar-refractivity contribution is -0.140. The first-order valence-corrected chi connectivity index (χ1v) is 6.35. The number of carbonyl (C=O) groups is 2. The van der Waals surface area contributed by atoms with Crippen molar-refractivity contribution in [1.82, 2.24) is 0 Å². The zero-order chi connectivity index (χ0) is 14.8. The van der Waals surface area contributed by atoms with Crippen LogP contribution in [0.3, 0.4) is 0 Å². The van der Waals surface area contributed by atoms with Gasteiger partial charge >= 0.3 is 12.1 Å². The molecule has 5 nitrogen and oxygen atoms in total. The average molecular weight is 275 g/mol. The minimum absolute atomic E-state index is 0.329. The van der Waals surface area contributed by atoms with E-state index in [4.69, 9.17) is 4.74 Å². The fraction of sp³-hybridized carbons (Fsp3) is 0.333. The topological polar surface area (TPSA) is 66.8 Å². The number of nitrogens with zero attached hydrogens (tertiary/aromatic N) is 1. The number of anilines is 1. The molecule has 0 unspecified atom stereocenters. The average Bonchev–Trinajstić information content (AvgIpc) is 3.26. The third kappa shape index (κ3) is 2.39. The van der Waals surface area contributed by atoms with Gasteiger partial charge in [0.15, 0.2) is 0 Å². The van der Waals surface area contributed by atoms with Gasteiger partial charge in [-0.25, -0.2) is 4.79 Å². The summed E-state index contributed by atoms with van der Waals surface area (Å²) in [5, 5.41) is 9.25. The molecule has 1 aromatic rings. The summed E-state index contributed by atoms with van der Waals surface area (Å²) in [7, 11) is 1.32. The highest BCUT2D eigenvalue weighted by Crippen LogP contribution is 2.48. The number of carboxylic acid groups (broad SMARTS) is 1. The van der Waals surface area contributed by atoms with E-state index in [1.165, 1.54) is 12.0 Å². The monoisotopic (exact) mass is 275 g/mol. The van der Waals surface area contributed by atoms with Crippen molar-refractivity contribution in [2.75, 3.05) is 18.6 Å². The predicted molar refractivity (Wildman–Crippen MR) is 74.9 cm³/mol. The summed E-state index contributed by atoms with van der Waals surface area (Å²) >= 11 is 0. The Hall–Kier alpha value is -2.30. The lowest BCUT2D eigenvalue weighted by Gasteiger charge is -2.20. The zero-order valence-electron chi connectivity index (χ0n) is 11.3. The quantitative estimate of drug-likeness (QED) is 0.839. The van der Waals surface area contributed by atoms with E-state index in [1.807, 2.05) is 0 Å². The van der Waals surface area contributed by atoms with Gasteiger partial charge in [0.2, 0.25) is 0 Å². The number of hydrogen-bond donors (Lipinski definition) is 1. The van der Waals surface area contributed by atoms with E-state index < -0.39 is 17.5 Å². The normalized spacial score (nSPS) is 15.2. The molecular weight excluding hydrogens is 258 g/mol. The molecule has 0 aliphatic heterocycles. The van der Waals surface area contributed by atoms with Gasteiger partial charge in [0.1, 0.15) is 0 Å². The number of carboxylic acids is 1. The van der Waals surface area contributed by atoms with Crippen LogP contribution in [0, 0.1) is 0 Å². The van der Waals surface area contributed by atoms with Crippen molar-refractivity contribution >= 4 is 17.7 Å². The molecule has 1 fully saturated rings. The van der Waals surface area contributed by atoms with E-state index in [0.29, 0.717) is 25.1 Å². The van der Waals surface area contributed by atoms with Gasteiger partial charge < -0.3 is 9.84 Å². The van der Waals surface area contributed by atoms with E-state index in [-0.39, 0.29) is 0 Å². The van der Waals surface area contributed by atoms with E-state index >= 15 is 0 Å². The number of hydrogen-bond acceptors (Lipinski definition) is 3. The fourth-order valence-electron chi connectivity index (χ4n) is 2.24. The maximum Gasteiger partial charge on any atom is 0.414 e. The summed E-state index contributed by atoms with van der Waals surface area (Å²) < 4.78 is 4.71. The molecule has 0 radical (unpaired) electrons. The van der Waals surface area contributed by atoms with Crippen LogP contribution in [0.1, 0.15) is 18.4 Å². The van der Waals surface area contributed by atoms with Gasteiger partial charge in [-0.15, -0.1) is 6.58 Å². The van der Waals surface area contributed by atoms with Gasteiger partial charge in [-0.3, -0.25) is 9.69 Å². The molecule has 20 heavy (non-hydrogen) atoms. The van der Waals surface area contributed by atoms with Gasteiger partial charge in [0.05, 0.1) is 12.5 Å². The predicted octanol–water partition coefficient (Wildman–Crippen LogP) is 2.56. The van der Waals surface area contributed by atoms with Crippen LogP contribution in [0.25, 0.3) is 0 Å². The number of ether oxygens (including phenoxy) is 1. The van der Waals surface area contributed by atoms with Crippen molar-refractivity contribution in [3.8, 4) is 0 Å². The van der Waals surface area contributed by atoms with Crippen molar-refractivity contribution in [3.63, 3.8) is 0 Å². The molecule has 1 aliphatic carbocycles. The van der Waals surface area contributed by atoms with Gasteiger partial charge in [-0.1, -0.05) is 18.2 Å². The maximum atomic E-state index is 11.7. The summed E-state index contributed by atoms with van der Waals surface area (Å²) in [5.74, 6) is -0.791. The number of carbonyl (C=O) groups excluding carboxylic acids is 1. The fourth-order valence-corrected chi connectivity index (χ4v) is 2.24. The summed E-state index contributed by atoms with van der Waals surface area (Å²) in [5.41, 5.74) is 0.700. The third-order valence-electron chi connectivity index (χ3n) is 3.60. The molecule has 0 atom stereocenters. The van der Waals surface area contributed by atoms with E-state index in [9.17, 15) is 14.7 Å². The van der Waals surface area contributed by atoms with Crippen molar-refractivity contribution in [2.45, 2.75) is 18.3 Å². The lowest BCUT2D eigenvalue weighted by atomic mass is 9.96. The summed E-state index contributed by atoms with van der Waals surface area (Å²) in [4.78, 5) is 24.4. The molecule has 0 aromatic heterocycles. The Labute approximate surface area is 117 Å². The molecule has 0 bridgehead atoms. The van der Waals surface area contributed by atoms with Crippen LogP contribution < -0.4 is 4.90 Å². The standard InChI is InChI=1S/C15H17NO4/c1-3-10-16(14(19)20-2)12-6-4-11(5-7-12)15(8-9-15)13(17)18/h3-7H,1,8-10H2,2H3,(H,17,18). The number of methoxy groups -OCH3 is 1. The Balaban J connectivity index is 2.25. The minimum Gasteiger partial charge on any atom is -0.481 e. The molecule has 1 aliphatic rings. The molecular formula is C15H17NO4. The summed E-state index contributed by atoms with van der Waals surface area (Å²) in [6, 6.07) is 6.99. The Morgan fingerprint density at radius 1 is 1.40 bits per heavy atom. The van der Waals surface area contributed by atoms with E-state index in [0.717, 1.165) is 5.56 Å². The molecule has 2 rings (SSSR count). The Bertz CT molecular complexity index is 531. The molecule has 5 heteroatoms. The second-order valence-corrected chi connectivity index (χ2v) is 4.80. The lowest BCUT2D eigenvalue weighted by Crippen LogP contribution is -2.30. The molecule has 1 aromatic carbocycles. The Kier molecular flexibility index (Phi) is 3.79. The van der Waals surface area contributed by atoms with E-state index in [2.05, 4.69) is 6.58 Å². The molecule has 1 saturated carbocycles. The highest BCUT2D eigenvalue weighted by Gasteiger charge is 2.51. The molecule has 1 N–H and O–H groups in total. The maximum absolute atomic E-state index is 11.7. The first kappa shape index (κ1) is 14.1. The van der Waals surface area contributed by atoms with Crippen LogP contribution in [0.2, 0.25) is 0 Å². The minimum atomic E-state index is -0.791. The van der Waals surface area contributed by atoms with Gasteiger partial charge in [-0.05, 0) is 30.5 Å². The number of aliphatic carboxylic acids is 1. The van der Waals surface area contributed by atoms with Crippen molar-refractivity contribution in [3.05, 3.63) is 42.5 Å². The van der Waals surface area contributed by atoms with Crippen LogP contribution in [0.5, 0.6) is 0 Å². The number of amides is 1. The largest absolute Gasteiger partial charge is 0.481 e. The highest BCUT2D eigenvalue weighted by molar-refractivity contribution is 5.88. The Morgan fingerprint density at radius 3 is 2.40 bits per heavy atom. The van der Waals surface area contributed by atoms with Crippen LogP contribution in [-0.2, 0) is 14.9 Å². The molecule has 0 saturated heterocycles. The molecule has 106 valence electrons. The van der Waals surface area contributed by atoms with Crippen molar-refractivity contribution < 1.29 is 19.4 Å². The van der Waals surface area contributed by atoms with Gasteiger partial charge in [0, 0.05) is 12.2 Å². The third-order valence-corrected chi connectivity index (χ3v) is 3.60. The van der Waals surface area contributed by atoms with Crippen LogP contribution in [0.15, 0.2) is 36.9 Å². The summed E-state index contributed by atoms with van der Waals surface area (Å²) in [6.45, 7) is 3.93. The van der Waals surface area contributed by atoms with Crippen LogP contribution in [0.4, 0.5) is 10.5 Å². The molecule has 0 heterocycles. The first-order chi connectivity index (χ1) is 9.55. The number of rotatable bonds is 5. The van der Waals surface area contributed by atoms with Gasteiger partial charge in [0.25, 0.3) is 0 Å². The smallest absolute Gasteiger partial charge is 0.414 e. The van der Waals surface area contributed by atoms with Crippen LogP contribution >= 0.6 is 0 Å². The SMILES string of the molecule is C=CCN(C(=O)OC)c1ccc(C2(C(=O)O)CC2)cc1. The highest BCUT2D eigenvalue weighted by atomic mass is 16.5. The van der Waals surface area contributed by atoms with Crippen molar-refractivity contribution in [2.24, 2.45) is 0 Å². The number of benzene rings is 1. The first-order valence-electron chi connectivity index (χ1n) is 6.35. The zero-order valence-corrected chi connectivity index (χ0v) is 11.3. The second kappa shape index (κ2) is 5.36.